The van der Waals surface area contributed by atoms with Gasteiger partial charge in [-0.25, -0.2) is 18.5 Å². The van der Waals surface area contributed by atoms with E-state index in [1.165, 1.54) is 23.9 Å². The maximum absolute atomic E-state index is 11.2. The molecule has 0 atom stereocenters. The highest BCUT2D eigenvalue weighted by molar-refractivity contribution is 7.99. The van der Waals surface area contributed by atoms with Gasteiger partial charge < -0.3 is 4.74 Å². The van der Waals surface area contributed by atoms with Crippen LogP contribution in [0.1, 0.15) is 11.4 Å². The molecule has 2 N–H and O–H groups in total. The Bertz CT molecular complexity index is 1000. The van der Waals surface area contributed by atoms with Crippen LogP contribution in [0, 0.1) is 13.8 Å². The molecule has 3 aromatic rings. The fraction of sp³-hybridized carbons (Fsp3) is 0.267. The van der Waals surface area contributed by atoms with Crippen LogP contribution in [-0.2, 0) is 10.0 Å². The monoisotopic (exact) mass is 379 g/mol. The minimum Gasteiger partial charge on any atom is -0.493 e. The predicted molar refractivity (Wildman–Crippen MR) is 94.3 cm³/mol. The molecule has 0 fully saturated rings. The summed E-state index contributed by atoms with van der Waals surface area (Å²) in [6.45, 7) is 4.34. The van der Waals surface area contributed by atoms with Gasteiger partial charge in [0.1, 0.15) is 5.75 Å². The quantitative estimate of drug-likeness (QED) is 0.511. The zero-order valence-corrected chi connectivity index (χ0v) is 15.3. The molecule has 0 aliphatic heterocycles. The smallest absolute Gasteiger partial charge is 0.256 e. The summed E-state index contributed by atoms with van der Waals surface area (Å²) in [5.41, 5.74) is 1.93. The van der Waals surface area contributed by atoms with Gasteiger partial charge in [-0.3, -0.25) is 4.40 Å². The maximum Gasteiger partial charge on any atom is 0.256 e. The lowest BCUT2D eigenvalue weighted by molar-refractivity contribution is 0.343. The Morgan fingerprint density at radius 2 is 1.92 bits per heavy atom. The summed E-state index contributed by atoms with van der Waals surface area (Å²) in [5, 5.41) is 14.1. The van der Waals surface area contributed by atoms with Gasteiger partial charge in [0.05, 0.1) is 11.5 Å². The Morgan fingerprint density at radius 1 is 1.20 bits per heavy atom. The summed E-state index contributed by atoms with van der Waals surface area (Å²) in [6, 6.07) is 7.97. The first-order chi connectivity index (χ1) is 11.8. The molecule has 0 amide bonds. The van der Waals surface area contributed by atoms with Crippen molar-refractivity contribution in [2.75, 3.05) is 12.4 Å². The molecule has 0 aliphatic rings. The summed E-state index contributed by atoms with van der Waals surface area (Å²) in [6.07, 6.45) is 0. The van der Waals surface area contributed by atoms with Crippen LogP contribution in [0.15, 0.2) is 40.4 Å². The van der Waals surface area contributed by atoms with E-state index in [2.05, 4.69) is 15.2 Å². The van der Waals surface area contributed by atoms with Gasteiger partial charge in [0.2, 0.25) is 10.0 Å². The lowest BCUT2D eigenvalue weighted by Crippen LogP contribution is -2.11. The van der Waals surface area contributed by atoms with Crippen LogP contribution in [-0.4, -0.2) is 40.4 Å². The summed E-state index contributed by atoms with van der Waals surface area (Å²) in [7, 11) is -3.69. The van der Waals surface area contributed by atoms with Crippen LogP contribution < -0.4 is 9.88 Å². The van der Waals surface area contributed by atoms with Crippen LogP contribution in [0.3, 0.4) is 0 Å². The van der Waals surface area contributed by atoms with Gasteiger partial charge in [-0.15, -0.1) is 10.2 Å². The number of nitrogens with two attached hydrogens (primary N) is 1. The third-order valence-electron chi connectivity index (χ3n) is 3.40. The number of fused-ring (bicyclic) bond motifs is 1. The molecule has 0 unspecified atom stereocenters. The minimum atomic E-state index is -3.69. The molecule has 0 aliphatic carbocycles. The summed E-state index contributed by atoms with van der Waals surface area (Å²) < 4.78 is 29.9. The molecule has 10 heteroatoms. The van der Waals surface area contributed by atoms with E-state index in [1.807, 2.05) is 24.3 Å². The van der Waals surface area contributed by atoms with Crippen molar-refractivity contribution < 1.29 is 13.2 Å². The molecule has 2 aromatic heterocycles. The van der Waals surface area contributed by atoms with Crippen LogP contribution >= 0.6 is 11.8 Å². The van der Waals surface area contributed by atoms with E-state index in [4.69, 9.17) is 9.88 Å². The van der Waals surface area contributed by atoms with Gasteiger partial charge in [-0.1, -0.05) is 11.8 Å². The standard InChI is InChI=1S/C15H17N5O3S2/c1-10-9-11(2)20-14(17-10)18-19-15(20)24-8-7-23-12-3-5-13(6-4-12)25(16,21)22/h3-6,9H,7-8H2,1-2H3,(H2,16,21,22). The number of hydrogen-bond donors (Lipinski definition) is 1. The van der Waals surface area contributed by atoms with Gasteiger partial charge in [-0.05, 0) is 44.2 Å². The van der Waals surface area contributed by atoms with Crippen molar-refractivity contribution in [3.8, 4) is 5.75 Å². The number of aromatic nitrogens is 4. The molecule has 1 aromatic carbocycles. The van der Waals surface area contributed by atoms with Crippen LogP contribution in [0.4, 0.5) is 0 Å². The van der Waals surface area contributed by atoms with Crippen molar-refractivity contribution in [2.24, 2.45) is 5.14 Å². The van der Waals surface area contributed by atoms with E-state index < -0.39 is 10.0 Å². The highest BCUT2D eigenvalue weighted by Gasteiger charge is 2.10. The first-order valence-electron chi connectivity index (χ1n) is 7.42. The second kappa shape index (κ2) is 6.98. The third-order valence-corrected chi connectivity index (χ3v) is 5.22. The fourth-order valence-corrected chi connectivity index (χ4v) is 3.63. The molecule has 3 rings (SSSR count). The molecule has 0 bridgehead atoms. The molecule has 0 radical (unpaired) electrons. The average molecular weight is 379 g/mol. The summed E-state index contributed by atoms with van der Waals surface area (Å²) >= 11 is 1.51. The van der Waals surface area contributed by atoms with Crippen molar-refractivity contribution in [3.05, 3.63) is 41.7 Å². The van der Waals surface area contributed by atoms with Crippen LogP contribution in [0.25, 0.3) is 5.78 Å². The van der Waals surface area contributed by atoms with E-state index in [0.717, 1.165) is 16.5 Å². The van der Waals surface area contributed by atoms with Gasteiger partial charge in [0.15, 0.2) is 5.16 Å². The number of thioether (sulfide) groups is 1. The van der Waals surface area contributed by atoms with Gasteiger partial charge in [0, 0.05) is 17.1 Å². The number of aryl methyl sites for hydroxylation is 2. The number of rotatable bonds is 6. The van der Waals surface area contributed by atoms with Crippen molar-refractivity contribution >= 4 is 27.6 Å². The Kier molecular flexibility index (Phi) is 4.93. The highest BCUT2D eigenvalue weighted by atomic mass is 32.2. The first-order valence-corrected chi connectivity index (χ1v) is 9.95. The molecular weight excluding hydrogens is 362 g/mol. The van der Waals surface area contributed by atoms with Gasteiger partial charge in [-0.2, -0.15) is 0 Å². The topological polar surface area (TPSA) is 112 Å². The fourth-order valence-electron chi connectivity index (χ4n) is 2.31. The molecule has 0 spiro atoms. The zero-order chi connectivity index (χ0) is 18.0. The van der Waals surface area contributed by atoms with E-state index in [1.54, 1.807) is 12.1 Å². The van der Waals surface area contributed by atoms with E-state index in [-0.39, 0.29) is 4.90 Å². The lowest BCUT2D eigenvalue weighted by atomic mass is 10.3. The molecular formula is C15H17N5O3S2. The summed E-state index contributed by atoms with van der Waals surface area (Å²) in [4.78, 5) is 4.40. The SMILES string of the molecule is Cc1cc(C)n2c(SCCOc3ccc(S(N)(=O)=O)cc3)nnc2n1. The lowest BCUT2D eigenvalue weighted by Gasteiger charge is -2.07. The number of benzene rings is 1. The number of ether oxygens (including phenoxy) is 1. The Balaban J connectivity index is 1.59. The Labute approximate surface area is 149 Å². The van der Waals surface area contributed by atoms with E-state index in [0.29, 0.717) is 23.9 Å². The maximum atomic E-state index is 11.2. The second-order valence-electron chi connectivity index (χ2n) is 5.37. The van der Waals surface area contributed by atoms with Crippen molar-refractivity contribution in [3.63, 3.8) is 0 Å². The number of nitrogens with zero attached hydrogens (tertiary/aromatic N) is 4. The van der Waals surface area contributed by atoms with E-state index in [9.17, 15) is 8.42 Å². The molecule has 0 saturated heterocycles. The van der Waals surface area contributed by atoms with Gasteiger partial charge in [0.25, 0.3) is 5.78 Å². The average Bonchev–Trinajstić information content (AvgIpc) is 2.94. The molecule has 2 heterocycles. The second-order valence-corrected chi connectivity index (χ2v) is 7.99. The Hall–Kier alpha value is -2.17. The largest absolute Gasteiger partial charge is 0.493 e. The van der Waals surface area contributed by atoms with Crippen molar-refractivity contribution in [1.29, 1.82) is 0 Å². The molecule has 25 heavy (non-hydrogen) atoms. The van der Waals surface area contributed by atoms with Crippen LogP contribution in [0.5, 0.6) is 5.75 Å². The molecule has 8 nitrogen and oxygen atoms in total. The number of primary sulfonamides is 1. The minimum absolute atomic E-state index is 0.0578. The highest BCUT2D eigenvalue weighted by Crippen LogP contribution is 2.19. The van der Waals surface area contributed by atoms with Crippen molar-refractivity contribution in [2.45, 2.75) is 23.9 Å². The first kappa shape index (κ1) is 17.6. The van der Waals surface area contributed by atoms with Crippen LogP contribution in [0.2, 0.25) is 0 Å². The normalized spacial score (nSPS) is 11.8. The summed E-state index contributed by atoms with van der Waals surface area (Å²) in [5.74, 6) is 1.82. The van der Waals surface area contributed by atoms with Crippen molar-refractivity contribution in [1.82, 2.24) is 19.6 Å². The predicted octanol–water partition coefficient (Wildman–Crippen LogP) is 1.56. The number of hydrogen-bond acceptors (Lipinski definition) is 7. The third kappa shape index (κ3) is 4.09. The molecule has 0 saturated carbocycles. The Morgan fingerprint density at radius 3 is 2.60 bits per heavy atom. The van der Waals surface area contributed by atoms with E-state index >= 15 is 0 Å². The van der Waals surface area contributed by atoms with Gasteiger partial charge >= 0.3 is 0 Å². The molecule has 132 valence electrons. The zero-order valence-electron chi connectivity index (χ0n) is 13.7. The number of sulfonamides is 1.